The number of hydrogen-bond acceptors (Lipinski definition) is 4. The summed E-state index contributed by atoms with van der Waals surface area (Å²) < 4.78 is 32.4. The second-order valence-corrected chi connectivity index (χ2v) is 15.8. The largest absolute Gasteiger partial charge is 0.387 e. The van der Waals surface area contributed by atoms with Gasteiger partial charge in [-0.25, -0.2) is 0 Å². The van der Waals surface area contributed by atoms with E-state index in [9.17, 15) is 22.9 Å². The molecule has 3 N–H and O–H groups in total. The third kappa shape index (κ3) is 36.2. The van der Waals surface area contributed by atoms with Gasteiger partial charge in [0.25, 0.3) is 10.1 Å². The molecule has 0 fully saturated rings. The molecule has 1 amide bonds. The van der Waals surface area contributed by atoms with Crippen LogP contribution in [0.2, 0.25) is 0 Å². The first kappa shape index (κ1) is 46.1. The smallest absolute Gasteiger partial charge is 0.267 e. The summed E-state index contributed by atoms with van der Waals surface area (Å²) in [5, 5.41) is 13.2. The van der Waals surface area contributed by atoms with E-state index >= 15 is 0 Å². The van der Waals surface area contributed by atoms with Crippen LogP contribution in [0.1, 0.15) is 219 Å². The fraction of sp³-hybridized carbons (Fsp3) is 0.925. The van der Waals surface area contributed by atoms with Gasteiger partial charge < -0.3 is 10.4 Å². The Hall–Kier alpha value is -0.920. The highest BCUT2D eigenvalue weighted by Crippen LogP contribution is 2.16. The Labute approximate surface area is 292 Å². The van der Waals surface area contributed by atoms with Crippen LogP contribution < -0.4 is 5.32 Å². The van der Waals surface area contributed by atoms with Gasteiger partial charge in [0.05, 0.1) is 17.9 Å². The number of allylic oxidation sites excluding steroid dienone is 1. The van der Waals surface area contributed by atoms with Crippen molar-refractivity contribution in [3.63, 3.8) is 0 Å². The quantitative estimate of drug-likeness (QED) is 0.0343. The molecule has 2 unspecified atom stereocenters. The normalized spacial score (nSPS) is 13.4. The van der Waals surface area contributed by atoms with Crippen molar-refractivity contribution in [3.05, 3.63) is 12.2 Å². The summed E-state index contributed by atoms with van der Waals surface area (Å²) in [5.74, 6) is -0.968. The molecule has 0 aromatic carbocycles. The van der Waals surface area contributed by atoms with Gasteiger partial charge in [-0.15, -0.1) is 0 Å². The van der Waals surface area contributed by atoms with E-state index in [1.807, 2.05) is 6.08 Å². The molecule has 0 aromatic heterocycles. The van der Waals surface area contributed by atoms with E-state index in [2.05, 4.69) is 19.2 Å². The van der Waals surface area contributed by atoms with E-state index in [0.29, 0.717) is 6.42 Å². The number of carbonyl (C=O) groups excluding carboxylic acids is 1. The predicted octanol–water partition coefficient (Wildman–Crippen LogP) is 11.8. The molecule has 0 aliphatic carbocycles. The Morgan fingerprint density at radius 3 is 1.21 bits per heavy atom. The van der Waals surface area contributed by atoms with Crippen LogP contribution in [-0.4, -0.2) is 41.9 Å². The first-order valence-corrected chi connectivity index (χ1v) is 22.0. The standard InChI is InChI=1S/C40H79NO5S/c1-3-5-7-9-11-13-15-17-19-20-21-22-23-25-27-29-31-33-35-39(42)38(37-47(44,45)46)41-40(43)36-34-32-30-28-26-24-18-16-14-12-10-8-6-4-2/h33,35,38-39,42H,3-32,34,36-37H2,1-2H3,(H,41,43)(H,44,45,46)/b35-33+. The molecule has 0 spiro atoms. The van der Waals surface area contributed by atoms with Gasteiger partial charge in [-0.2, -0.15) is 8.42 Å². The molecule has 0 aliphatic heterocycles. The van der Waals surface area contributed by atoms with E-state index in [-0.39, 0.29) is 5.91 Å². The average Bonchev–Trinajstić information content (AvgIpc) is 3.03. The summed E-state index contributed by atoms with van der Waals surface area (Å²) in [7, 11) is -4.34. The molecule has 0 radical (unpaired) electrons. The van der Waals surface area contributed by atoms with Gasteiger partial charge in [-0.05, 0) is 19.3 Å². The Kier molecular flexibility index (Phi) is 34.2. The number of hydrogen-bond donors (Lipinski definition) is 3. The van der Waals surface area contributed by atoms with Gasteiger partial charge in [0.2, 0.25) is 5.91 Å². The number of amides is 1. The number of aliphatic hydroxyl groups is 1. The lowest BCUT2D eigenvalue weighted by molar-refractivity contribution is -0.122. The second kappa shape index (κ2) is 34.9. The molecule has 0 saturated heterocycles. The van der Waals surface area contributed by atoms with E-state index in [1.54, 1.807) is 6.08 Å². The lowest BCUT2D eigenvalue weighted by Gasteiger charge is -2.21. The Bertz CT molecular complexity index is 800. The first-order valence-electron chi connectivity index (χ1n) is 20.4. The van der Waals surface area contributed by atoms with E-state index in [4.69, 9.17) is 0 Å². The van der Waals surface area contributed by atoms with Crippen LogP contribution >= 0.6 is 0 Å². The number of carbonyl (C=O) groups is 1. The monoisotopic (exact) mass is 686 g/mol. The van der Waals surface area contributed by atoms with E-state index in [1.165, 1.54) is 161 Å². The summed E-state index contributed by atoms with van der Waals surface area (Å²) >= 11 is 0. The van der Waals surface area contributed by atoms with Crippen molar-refractivity contribution in [2.75, 3.05) is 5.75 Å². The molecule has 7 heteroatoms. The minimum absolute atomic E-state index is 0.275. The molecule has 280 valence electrons. The van der Waals surface area contributed by atoms with Gasteiger partial charge >= 0.3 is 0 Å². The highest BCUT2D eigenvalue weighted by Gasteiger charge is 2.24. The summed E-state index contributed by atoms with van der Waals surface area (Å²) in [6.07, 6.45) is 41.9. The minimum Gasteiger partial charge on any atom is -0.387 e. The van der Waals surface area contributed by atoms with Crippen molar-refractivity contribution in [1.29, 1.82) is 0 Å². The Morgan fingerprint density at radius 1 is 0.553 bits per heavy atom. The van der Waals surface area contributed by atoms with E-state index < -0.39 is 28.0 Å². The van der Waals surface area contributed by atoms with Crippen LogP contribution in [0.25, 0.3) is 0 Å². The SMILES string of the molecule is CCCCCCCCCCCCCCCCCC/C=C/C(O)C(CS(=O)(=O)O)NC(=O)CCCCCCCCCCCCCCCC. The maximum atomic E-state index is 12.5. The number of aliphatic hydroxyl groups excluding tert-OH is 1. The van der Waals surface area contributed by atoms with Crippen LogP contribution in [0.3, 0.4) is 0 Å². The molecular formula is C40H79NO5S. The summed E-state index contributed by atoms with van der Waals surface area (Å²) in [6.45, 7) is 4.53. The average molecular weight is 686 g/mol. The van der Waals surface area contributed by atoms with E-state index in [0.717, 1.165) is 38.5 Å². The van der Waals surface area contributed by atoms with Crippen molar-refractivity contribution in [2.24, 2.45) is 0 Å². The highest BCUT2D eigenvalue weighted by atomic mass is 32.2. The fourth-order valence-corrected chi connectivity index (χ4v) is 7.13. The summed E-state index contributed by atoms with van der Waals surface area (Å²) in [6, 6.07) is -1.05. The third-order valence-corrected chi connectivity index (χ3v) is 10.2. The van der Waals surface area contributed by atoms with Crippen LogP contribution in [-0.2, 0) is 14.9 Å². The van der Waals surface area contributed by atoms with Crippen molar-refractivity contribution in [1.82, 2.24) is 5.32 Å². The van der Waals surface area contributed by atoms with Crippen LogP contribution in [0.4, 0.5) is 0 Å². The van der Waals surface area contributed by atoms with Gasteiger partial charge in [0.1, 0.15) is 0 Å². The number of nitrogens with one attached hydrogen (secondary N) is 1. The predicted molar refractivity (Wildman–Crippen MR) is 203 cm³/mol. The first-order chi connectivity index (χ1) is 22.8. The zero-order valence-corrected chi connectivity index (χ0v) is 32.0. The molecule has 0 aliphatic rings. The molecule has 0 aromatic rings. The molecule has 0 saturated carbocycles. The number of rotatable bonds is 37. The van der Waals surface area contributed by atoms with Crippen molar-refractivity contribution in [3.8, 4) is 0 Å². The molecule has 0 rings (SSSR count). The van der Waals surface area contributed by atoms with Crippen molar-refractivity contribution < 1.29 is 22.9 Å². The third-order valence-electron chi connectivity index (χ3n) is 9.46. The molecule has 0 bridgehead atoms. The molecule has 2 atom stereocenters. The zero-order chi connectivity index (χ0) is 34.7. The van der Waals surface area contributed by atoms with Gasteiger partial charge in [0.15, 0.2) is 0 Å². The Morgan fingerprint density at radius 2 is 0.872 bits per heavy atom. The highest BCUT2D eigenvalue weighted by molar-refractivity contribution is 7.85. The summed E-state index contributed by atoms with van der Waals surface area (Å²) in [5.41, 5.74) is 0. The topological polar surface area (TPSA) is 104 Å². The number of unbranched alkanes of at least 4 members (excludes halogenated alkanes) is 29. The summed E-state index contributed by atoms with van der Waals surface area (Å²) in [4.78, 5) is 12.5. The lowest BCUT2D eigenvalue weighted by Crippen LogP contribution is -2.46. The molecule has 0 heterocycles. The molecule has 6 nitrogen and oxygen atoms in total. The zero-order valence-electron chi connectivity index (χ0n) is 31.2. The van der Waals surface area contributed by atoms with Crippen molar-refractivity contribution in [2.45, 2.75) is 231 Å². The fourth-order valence-electron chi connectivity index (χ4n) is 6.39. The maximum Gasteiger partial charge on any atom is 0.267 e. The van der Waals surface area contributed by atoms with Gasteiger partial charge in [-0.1, -0.05) is 206 Å². The van der Waals surface area contributed by atoms with Crippen LogP contribution in [0.5, 0.6) is 0 Å². The van der Waals surface area contributed by atoms with Crippen LogP contribution in [0, 0.1) is 0 Å². The van der Waals surface area contributed by atoms with Gasteiger partial charge in [0, 0.05) is 6.42 Å². The second-order valence-electron chi connectivity index (χ2n) is 14.3. The van der Waals surface area contributed by atoms with Crippen LogP contribution in [0.15, 0.2) is 12.2 Å². The Balaban J connectivity index is 3.89. The maximum absolute atomic E-state index is 12.5. The van der Waals surface area contributed by atoms with Crippen molar-refractivity contribution >= 4 is 16.0 Å². The lowest BCUT2D eigenvalue weighted by atomic mass is 10.0. The van der Waals surface area contributed by atoms with Gasteiger partial charge in [-0.3, -0.25) is 9.35 Å². The molecular weight excluding hydrogens is 607 g/mol. The molecule has 47 heavy (non-hydrogen) atoms. The minimum atomic E-state index is -4.34.